The van der Waals surface area contributed by atoms with Crippen LogP contribution in [0.15, 0.2) is 52.9 Å². The number of ketones is 2. The number of hydrogen-bond acceptors (Lipinski definition) is 6. The van der Waals surface area contributed by atoms with E-state index in [9.17, 15) is 19.7 Å². The fourth-order valence-electron chi connectivity index (χ4n) is 2.95. The quantitative estimate of drug-likeness (QED) is 0.324. The Hall–Kier alpha value is -3.61. The van der Waals surface area contributed by atoms with Gasteiger partial charge in [0, 0.05) is 24.1 Å². The summed E-state index contributed by atoms with van der Waals surface area (Å²) in [5.74, 6) is 0.413. The molecule has 2 aromatic carbocycles. The van der Waals surface area contributed by atoms with E-state index in [0.717, 1.165) is 11.1 Å². The van der Waals surface area contributed by atoms with Gasteiger partial charge in [-0.1, -0.05) is 29.8 Å². The van der Waals surface area contributed by atoms with Crippen LogP contribution in [0.3, 0.4) is 0 Å². The largest absolute Gasteiger partial charge is 0.441 e. The SMILES string of the molecule is Cc1ccc(-c2nc(CC(=O)CC(=O)Cc3cccc([N+](=O)[O-])c3)c(C)o2)cc1. The van der Waals surface area contributed by atoms with Crippen molar-refractivity contribution in [3.8, 4) is 11.5 Å². The van der Waals surface area contributed by atoms with Crippen molar-refractivity contribution in [3.05, 3.63) is 81.2 Å². The maximum Gasteiger partial charge on any atom is 0.269 e. The van der Waals surface area contributed by atoms with Gasteiger partial charge in [0.15, 0.2) is 0 Å². The highest BCUT2D eigenvalue weighted by Gasteiger charge is 2.17. The molecule has 0 spiro atoms. The number of nitrogens with zero attached hydrogens (tertiary/aromatic N) is 2. The molecule has 0 N–H and O–H groups in total. The molecular weight excluding hydrogens is 372 g/mol. The number of rotatable bonds is 8. The summed E-state index contributed by atoms with van der Waals surface area (Å²) in [5, 5.41) is 10.8. The Bertz CT molecular complexity index is 1070. The minimum atomic E-state index is -0.516. The lowest BCUT2D eigenvalue weighted by Gasteiger charge is -2.01. The molecule has 0 aliphatic rings. The maximum atomic E-state index is 12.3. The third-order valence-electron chi connectivity index (χ3n) is 4.47. The smallest absolute Gasteiger partial charge is 0.269 e. The van der Waals surface area contributed by atoms with Crippen LogP contribution in [0.25, 0.3) is 11.5 Å². The fourth-order valence-corrected chi connectivity index (χ4v) is 2.95. The molecule has 0 bridgehead atoms. The van der Waals surface area contributed by atoms with Crippen LogP contribution in [0.1, 0.15) is 29.0 Å². The third-order valence-corrected chi connectivity index (χ3v) is 4.47. The molecule has 7 heteroatoms. The minimum Gasteiger partial charge on any atom is -0.441 e. The minimum absolute atomic E-state index is 0.00186. The molecule has 1 heterocycles. The molecule has 0 atom stereocenters. The number of aryl methyl sites for hydroxylation is 2. The van der Waals surface area contributed by atoms with Gasteiger partial charge in [-0.15, -0.1) is 0 Å². The van der Waals surface area contributed by atoms with Gasteiger partial charge in [0.1, 0.15) is 17.3 Å². The second-order valence-electron chi connectivity index (χ2n) is 6.92. The molecule has 0 fully saturated rings. The van der Waals surface area contributed by atoms with Crippen molar-refractivity contribution >= 4 is 17.3 Å². The second kappa shape index (κ2) is 8.60. The van der Waals surface area contributed by atoms with Crippen molar-refractivity contribution in [2.75, 3.05) is 0 Å². The summed E-state index contributed by atoms with van der Waals surface area (Å²) >= 11 is 0. The zero-order valence-corrected chi connectivity index (χ0v) is 16.2. The number of hydrogen-bond donors (Lipinski definition) is 0. The number of nitro benzene ring substituents is 1. The van der Waals surface area contributed by atoms with E-state index in [-0.39, 0.29) is 36.5 Å². The molecule has 0 unspecified atom stereocenters. The van der Waals surface area contributed by atoms with Crippen LogP contribution >= 0.6 is 0 Å². The highest BCUT2D eigenvalue weighted by molar-refractivity contribution is 6.00. The third kappa shape index (κ3) is 5.22. The van der Waals surface area contributed by atoms with E-state index in [1.807, 2.05) is 31.2 Å². The Morgan fingerprint density at radius 3 is 2.41 bits per heavy atom. The average Bonchev–Trinajstić information content (AvgIpc) is 3.02. The lowest BCUT2D eigenvalue weighted by atomic mass is 10.0. The molecule has 29 heavy (non-hydrogen) atoms. The number of oxazole rings is 1. The normalized spacial score (nSPS) is 10.7. The average molecular weight is 392 g/mol. The summed E-state index contributed by atoms with van der Waals surface area (Å²) in [6.45, 7) is 3.72. The maximum absolute atomic E-state index is 12.3. The second-order valence-corrected chi connectivity index (χ2v) is 6.92. The number of nitro groups is 1. The van der Waals surface area contributed by atoms with Crippen molar-refractivity contribution < 1.29 is 18.9 Å². The van der Waals surface area contributed by atoms with E-state index in [1.165, 1.54) is 18.2 Å². The topological polar surface area (TPSA) is 103 Å². The Labute approximate surface area is 167 Å². The van der Waals surface area contributed by atoms with Gasteiger partial charge in [0.2, 0.25) is 5.89 Å². The number of Topliss-reactive ketones (excluding diaryl/α,β-unsaturated/α-hetero) is 2. The van der Waals surface area contributed by atoms with Crippen LogP contribution in [-0.2, 0) is 22.4 Å². The highest BCUT2D eigenvalue weighted by Crippen LogP contribution is 2.23. The lowest BCUT2D eigenvalue weighted by molar-refractivity contribution is -0.384. The fraction of sp³-hybridized carbons (Fsp3) is 0.227. The number of benzene rings is 2. The first-order valence-electron chi connectivity index (χ1n) is 9.12. The van der Waals surface area contributed by atoms with Crippen molar-refractivity contribution in [3.63, 3.8) is 0 Å². The molecule has 0 saturated heterocycles. The van der Waals surface area contributed by atoms with Crippen LogP contribution in [0.4, 0.5) is 5.69 Å². The Morgan fingerprint density at radius 2 is 1.72 bits per heavy atom. The van der Waals surface area contributed by atoms with E-state index in [4.69, 9.17) is 4.42 Å². The summed E-state index contributed by atoms with van der Waals surface area (Å²) in [5.41, 5.74) is 2.88. The van der Waals surface area contributed by atoms with Gasteiger partial charge in [-0.05, 0) is 31.5 Å². The van der Waals surface area contributed by atoms with Crippen molar-refractivity contribution in [1.29, 1.82) is 0 Å². The molecule has 7 nitrogen and oxygen atoms in total. The van der Waals surface area contributed by atoms with Crippen molar-refractivity contribution in [1.82, 2.24) is 4.98 Å². The number of carbonyl (C=O) groups is 2. The number of carbonyl (C=O) groups excluding carboxylic acids is 2. The van der Waals surface area contributed by atoms with Crippen LogP contribution in [0.5, 0.6) is 0 Å². The number of aromatic nitrogens is 1. The zero-order chi connectivity index (χ0) is 21.0. The number of non-ortho nitro benzene ring substituents is 1. The molecule has 0 aliphatic heterocycles. The first-order chi connectivity index (χ1) is 13.8. The van der Waals surface area contributed by atoms with E-state index < -0.39 is 4.92 Å². The Morgan fingerprint density at radius 1 is 1.03 bits per heavy atom. The Balaban J connectivity index is 1.62. The summed E-state index contributed by atoms with van der Waals surface area (Å²) in [7, 11) is 0. The molecule has 148 valence electrons. The van der Waals surface area contributed by atoms with Gasteiger partial charge >= 0.3 is 0 Å². The van der Waals surface area contributed by atoms with Gasteiger partial charge in [0.25, 0.3) is 5.69 Å². The zero-order valence-electron chi connectivity index (χ0n) is 16.2. The van der Waals surface area contributed by atoms with Crippen molar-refractivity contribution in [2.45, 2.75) is 33.1 Å². The lowest BCUT2D eigenvalue weighted by Crippen LogP contribution is -2.13. The van der Waals surface area contributed by atoms with Crippen LogP contribution < -0.4 is 0 Å². The summed E-state index contributed by atoms with van der Waals surface area (Å²) in [6.07, 6.45) is -0.281. The molecule has 0 radical (unpaired) electrons. The molecular formula is C22H20N2O5. The standard InChI is InChI=1S/C22H20N2O5/c1-14-6-8-17(9-7-14)22-23-21(15(2)29-22)13-20(26)12-19(25)11-16-4-3-5-18(10-16)24(27)28/h3-10H,11-13H2,1-2H3. The van der Waals surface area contributed by atoms with Gasteiger partial charge in [-0.2, -0.15) is 0 Å². The molecule has 0 amide bonds. The van der Waals surface area contributed by atoms with Gasteiger partial charge < -0.3 is 4.42 Å². The van der Waals surface area contributed by atoms with E-state index in [0.29, 0.717) is 22.9 Å². The summed E-state index contributed by atoms with van der Waals surface area (Å²) in [6, 6.07) is 13.6. The monoisotopic (exact) mass is 392 g/mol. The molecule has 0 saturated carbocycles. The molecule has 3 rings (SSSR count). The predicted octanol–water partition coefficient (Wildman–Crippen LogP) is 4.18. The van der Waals surface area contributed by atoms with Crippen molar-refractivity contribution in [2.24, 2.45) is 0 Å². The van der Waals surface area contributed by atoms with Gasteiger partial charge in [0.05, 0.1) is 23.5 Å². The van der Waals surface area contributed by atoms with E-state index in [2.05, 4.69) is 4.98 Å². The van der Waals surface area contributed by atoms with E-state index in [1.54, 1.807) is 13.0 Å². The van der Waals surface area contributed by atoms with Crippen LogP contribution in [-0.4, -0.2) is 21.5 Å². The van der Waals surface area contributed by atoms with Crippen LogP contribution in [0.2, 0.25) is 0 Å². The first-order valence-corrected chi connectivity index (χ1v) is 9.12. The molecule has 0 aliphatic carbocycles. The van der Waals surface area contributed by atoms with Crippen LogP contribution in [0, 0.1) is 24.0 Å². The predicted molar refractivity (Wildman–Crippen MR) is 107 cm³/mol. The summed E-state index contributed by atoms with van der Waals surface area (Å²) in [4.78, 5) is 39.2. The molecule has 1 aromatic heterocycles. The van der Waals surface area contributed by atoms with E-state index >= 15 is 0 Å². The highest BCUT2D eigenvalue weighted by atomic mass is 16.6. The van der Waals surface area contributed by atoms with Gasteiger partial charge in [-0.3, -0.25) is 19.7 Å². The van der Waals surface area contributed by atoms with Gasteiger partial charge in [-0.25, -0.2) is 4.98 Å². The summed E-state index contributed by atoms with van der Waals surface area (Å²) < 4.78 is 5.67. The molecule has 3 aromatic rings. The Kier molecular flexibility index (Phi) is 5.97. The first kappa shape index (κ1) is 20.1.